The number of benzene rings is 2. The first-order valence-corrected chi connectivity index (χ1v) is 12.6. The van der Waals surface area contributed by atoms with Gasteiger partial charge in [0.1, 0.15) is 17.9 Å². The van der Waals surface area contributed by atoms with Gasteiger partial charge in [0.2, 0.25) is 16.0 Å². The molecule has 0 bridgehead atoms. The number of nitrogens with two attached hydrogens (primary N) is 1. The van der Waals surface area contributed by atoms with Crippen LogP contribution in [0.2, 0.25) is 0 Å². The summed E-state index contributed by atoms with van der Waals surface area (Å²) in [6.45, 7) is 0.527. The molecule has 194 valence electrons. The van der Waals surface area contributed by atoms with Gasteiger partial charge in [-0.1, -0.05) is 19.1 Å². The Morgan fingerprint density at radius 1 is 0.946 bits per heavy atom. The van der Waals surface area contributed by atoms with Gasteiger partial charge in [-0.15, -0.1) is 0 Å². The van der Waals surface area contributed by atoms with Crippen molar-refractivity contribution in [2.24, 2.45) is 5.14 Å². The number of hydrogen-bond acceptors (Lipinski definition) is 7. The van der Waals surface area contributed by atoms with Crippen LogP contribution in [0.25, 0.3) is 22.3 Å². The minimum atomic E-state index is -4.50. The second kappa shape index (κ2) is 10.3. The van der Waals surface area contributed by atoms with Gasteiger partial charge in [-0.25, -0.2) is 27.9 Å². The minimum Gasteiger partial charge on any atom is -0.359 e. The van der Waals surface area contributed by atoms with E-state index in [1.54, 1.807) is 24.3 Å². The van der Waals surface area contributed by atoms with Crippen LogP contribution in [0.5, 0.6) is 0 Å². The van der Waals surface area contributed by atoms with E-state index in [-0.39, 0.29) is 33.7 Å². The van der Waals surface area contributed by atoms with Crippen LogP contribution in [-0.4, -0.2) is 36.1 Å². The van der Waals surface area contributed by atoms with Crippen molar-refractivity contribution in [3.8, 4) is 11.3 Å². The number of fused-ring (bicyclic) bond motifs is 1. The third-order valence-corrected chi connectivity index (χ3v) is 6.39. The highest BCUT2D eigenvalue weighted by molar-refractivity contribution is 7.89. The summed E-state index contributed by atoms with van der Waals surface area (Å²) in [5, 5.41) is 10.5. The van der Waals surface area contributed by atoms with Crippen LogP contribution in [0, 0.1) is 5.82 Å². The number of rotatable bonds is 8. The second-order valence-electron chi connectivity index (χ2n) is 8.15. The molecule has 0 unspecified atom stereocenters. The predicted molar refractivity (Wildman–Crippen MR) is 132 cm³/mol. The Balaban J connectivity index is 1.71. The maximum atomic E-state index is 13.3. The first kappa shape index (κ1) is 26.2. The lowest BCUT2D eigenvalue weighted by Gasteiger charge is -2.19. The van der Waals surface area contributed by atoms with E-state index in [2.05, 4.69) is 25.6 Å². The summed E-state index contributed by atoms with van der Waals surface area (Å²) in [4.78, 5) is 13.1. The fourth-order valence-corrected chi connectivity index (χ4v) is 4.15. The van der Waals surface area contributed by atoms with Crippen LogP contribution < -0.4 is 15.8 Å². The molecular weight excluding hydrogens is 512 g/mol. The fourth-order valence-electron chi connectivity index (χ4n) is 3.63. The van der Waals surface area contributed by atoms with Crippen LogP contribution in [0.3, 0.4) is 0 Å². The van der Waals surface area contributed by atoms with Crippen LogP contribution in [0.15, 0.2) is 65.6 Å². The van der Waals surface area contributed by atoms with Crippen LogP contribution >= 0.6 is 0 Å². The Bertz CT molecular complexity index is 1510. The summed E-state index contributed by atoms with van der Waals surface area (Å²) in [7, 11) is -3.86. The molecule has 2 heterocycles. The van der Waals surface area contributed by atoms with E-state index in [0.717, 1.165) is 0 Å². The zero-order valence-corrected chi connectivity index (χ0v) is 20.2. The van der Waals surface area contributed by atoms with Crippen molar-refractivity contribution < 1.29 is 26.0 Å². The smallest absolute Gasteiger partial charge is 0.359 e. The summed E-state index contributed by atoms with van der Waals surface area (Å²) >= 11 is 0. The largest absolute Gasteiger partial charge is 0.405 e. The van der Waals surface area contributed by atoms with Gasteiger partial charge in [-0.05, 0) is 60.5 Å². The number of sulfonamides is 1. The van der Waals surface area contributed by atoms with Crippen molar-refractivity contribution >= 4 is 32.8 Å². The Morgan fingerprint density at radius 2 is 1.62 bits per heavy atom. The van der Waals surface area contributed by atoms with Crippen molar-refractivity contribution in [1.29, 1.82) is 0 Å². The molecule has 4 aromatic rings. The Kier molecular flexibility index (Phi) is 7.28. The molecule has 4 rings (SSSR count). The average Bonchev–Trinajstić information content (AvgIpc) is 2.85. The maximum Gasteiger partial charge on any atom is 0.405 e. The SMILES string of the molecule is CC[C@@H](Nc1nc(NCC(F)(F)F)c2nc(-c3ccc(F)cc3)ccc2n1)c1ccc(S(N)(=O)=O)cc1. The molecule has 0 saturated carbocycles. The van der Waals surface area contributed by atoms with Crippen LogP contribution in [0.4, 0.5) is 29.3 Å². The van der Waals surface area contributed by atoms with Gasteiger partial charge in [-0.3, -0.25) is 0 Å². The molecule has 0 radical (unpaired) electrons. The molecule has 4 N–H and O–H groups in total. The fraction of sp³-hybridized carbons (Fsp3) is 0.208. The van der Waals surface area contributed by atoms with E-state index < -0.39 is 28.6 Å². The van der Waals surface area contributed by atoms with Crippen molar-refractivity contribution in [2.45, 2.75) is 30.5 Å². The maximum absolute atomic E-state index is 13.3. The number of nitrogens with one attached hydrogen (secondary N) is 2. The number of alkyl halides is 3. The molecule has 2 aromatic heterocycles. The predicted octanol–water partition coefficient (Wildman–Crippen LogP) is 5.02. The molecule has 0 saturated heterocycles. The highest BCUT2D eigenvalue weighted by Crippen LogP contribution is 2.28. The lowest BCUT2D eigenvalue weighted by atomic mass is 10.1. The third kappa shape index (κ3) is 6.49. The highest BCUT2D eigenvalue weighted by atomic mass is 32.2. The zero-order chi connectivity index (χ0) is 26.8. The number of pyridine rings is 1. The summed E-state index contributed by atoms with van der Waals surface area (Å²) < 4.78 is 75.4. The highest BCUT2D eigenvalue weighted by Gasteiger charge is 2.28. The van der Waals surface area contributed by atoms with Gasteiger partial charge < -0.3 is 10.6 Å². The topological polar surface area (TPSA) is 123 Å². The monoisotopic (exact) mass is 534 g/mol. The van der Waals surface area contributed by atoms with Gasteiger partial charge >= 0.3 is 6.18 Å². The molecule has 13 heteroatoms. The Hall–Kier alpha value is -3.84. The molecule has 2 aromatic carbocycles. The van der Waals surface area contributed by atoms with Gasteiger partial charge in [0.15, 0.2) is 5.82 Å². The molecule has 8 nitrogen and oxygen atoms in total. The normalized spacial score (nSPS) is 12.9. The molecule has 0 spiro atoms. The van der Waals surface area contributed by atoms with Crippen molar-refractivity contribution in [1.82, 2.24) is 15.0 Å². The van der Waals surface area contributed by atoms with Crippen molar-refractivity contribution in [3.05, 3.63) is 72.0 Å². The summed E-state index contributed by atoms with van der Waals surface area (Å²) in [6, 6.07) is 14.3. The van der Waals surface area contributed by atoms with E-state index >= 15 is 0 Å². The molecule has 1 atom stereocenters. The molecule has 37 heavy (non-hydrogen) atoms. The Morgan fingerprint density at radius 3 is 2.22 bits per heavy atom. The van der Waals surface area contributed by atoms with Crippen molar-refractivity contribution in [3.63, 3.8) is 0 Å². The molecule has 0 fully saturated rings. The minimum absolute atomic E-state index is 0.0465. The first-order chi connectivity index (χ1) is 17.4. The molecule has 0 amide bonds. The lowest BCUT2D eigenvalue weighted by molar-refractivity contribution is -0.115. The number of hydrogen-bond donors (Lipinski definition) is 3. The second-order valence-corrected chi connectivity index (χ2v) is 9.72. The van der Waals surface area contributed by atoms with Crippen LogP contribution in [0.1, 0.15) is 24.9 Å². The third-order valence-electron chi connectivity index (χ3n) is 5.46. The molecule has 0 aliphatic rings. The lowest BCUT2D eigenvalue weighted by Crippen LogP contribution is -2.22. The van der Waals surface area contributed by atoms with E-state index in [0.29, 0.717) is 23.2 Å². The summed E-state index contributed by atoms with van der Waals surface area (Å²) in [5.74, 6) is -0.509. The van der Waals surface area contributed by atoms with Crippen LogP contribution in [-0.2, 0) is 10.0 Å². The quantitative estimate of drug-likeness (QED) is 0.272. The van der Waals surface area contributed by atoms with Gasteiger partial charge in [0.25, 0.3) is 0 Å². The average molecular weight is 535 g/mol. The summed E-state index contributed by atoms with van der Waals surface area (Å²) in [6.07, 6.45) is -3.97. The van der Waals surface area contributed by atoms with E-state index in [1.165, 1.54) is 36.4 Å². The zero-order valence-electron chi connectivity index (χ0n) is 19.4. The molecular formula is C24H22F4N6O2S. The van der Waals surface area contributed by atoms with E-state index in [1.807, 2.05) is 6.92 Å². The number of primary sulfonamides is 1. The number of aromatic nitrogens is 3. The van der Waals surface area contributed by atoms with Gasteiger partial charge in [0.05, 0.1) is 22.1 Å². The Labute approximate surface area is 210 Å². The van der Waals surface area contributed by atoms with E-state index in [9.17, 15) is 26.0 Å². The molecule has 0 aliphatic carbocycles. The first-order valence-electron chi connectivity index (χ1n) is 11.1. The van der Waals surface area contributed by atoms with Gasteiger partial charge in [0, 0.05) is 5.56 Å². The van der Waals surface area contributed by atoms with E-state index in [4.69, 9.17) is 5.14 Å². The van der Waals surface area contributed by atoms with Crippen molar-refractivity contribution in [2.75, 3.05) is 17.2 Å². The standard InChI is InChI=1S/C24H22F4N6O2S/c1-2-18(14-5-9-17(10-6-14)37(29,35)36)32-23-33-20-12-11-19(15-3-7-16(25)8-4-15)31-21(20)22(34-23)30-13-24(26,27)28/h3-12,18H,2,13H2,1H3,(H2,29,35,36)(H2,30,32,33,34)/t18-/m1/s1. The number of anilines is 2. The molecule has 0 aliphatic heterocycles. The number of halogens is 4. The van der Waals surface area contributed by atoms with Gasteiger partial charge in [-0.2, -0.15) is 18.2 Å². The number of nitrogens with zero attached hydrogens (tertiary/aromatic N) is 3. The summed E-state index contributed by atoms with van der Waals surface area (Å²) in [5.41, 5.74) is 2.08.